The van der Waals surface area contributed by atoms with Gasteiger partial charge < -0.3 is 4.57 Å². The average Bonchev–Trinajstić information content (AvgIpc) is 2.71. The van der Waals surface area contributed by atoms with Gasteiger partial charge in [-0.2, -0.15) is 5.26 Å². The van der Waals surface area contributed by atoms with Gasteiger partial charge in [-0.3, -0.25) is 0 Å². The van der Waals surface area contributed by atoms with Crippen LogP contribution in [0.2, 0.25) is 0 Å². The van der Waals surface area contributed by atoms with Crippen LogP contribution in [0, 0.1) is 18.3 Å². The fourth-order valence-corrected chi connectivity index (χ4v) is 3.23. The van der Waals surface area contributed by atoms with E-state index in [9.17, 15) is 0 Å². The Morgan fingerprint density at radius 2 is 2.06 bits per heavy atom. The largest absolute Gasteiger partial charge is 0.303 e. The molecule has 0 bridgehead atoms. The minimum Gasteiger partial charge on any atom is -0.303 e. The van der Waals surface area contributed by atoms with Crippen molar-refractivity contribution in [1.29, 1.82) is 5.26 Å². The molecule has 5 heteroatoms. The zero-order valence-corrected chi connectivity index (χ0v) is 11.2. The van der Waals surface area contributed by atoms with Crippen LogP contribution in [0.15, 0.2) is 5.16 Å². The Bertz CT molecular complexity index is 415. The van der Waals surface area contributed by atoms with Gasteiger partial charge in [-0.25, -0.2) is 0 Å². The molecule has 2 rings (SSSR count). The van der Waals surface area contributed by atoms with Crippen LogP contribution in [-0.4, -0.2) is 20.0 Å². The van der Waals surface area contributed by atoms with Crippen molar-refractivity contribution >= 4 is 11.8 Å². The third-order valence-corrected chi connectivity index (χ3v) is 4.19. The van der Waals surface area contributed by atoms with Crippen LogP contribution < -0.4 is 0 Å². The van der Waals surface area contributed by atoms with Crippen LogP contribution in [-0.2, 0) is 0 Å². The van der Waals surface area contributed by atoms with E-state index in [0.29, 0.717) is 6.04 Å². The van der Waals surface area contributed by atoms with Gasteiger partial charge >= 0.3 is 0 Å². The Labute approximate surface area is 106 Å². The number of thioether (sulfide) groups is 1. The lowest BCUT2D eigenvalue weighted by atomic mass is 9.95. The lowest BCUT2D eigenvalue weighted by Crippen LogP contribution is -2.15. The van der Waals surface area contributed by atoms with Gasteiger partial charge in [0.1, 0.15) is 5.82 Å². The zero-order chi connectivity index (χ0) is 12.3. The number of nitrogens with zero attached hydrogens (tertiary/aromatic N) is 4. The van der Waals surface area contributed by atoms with Crippen LogP contribution in [0.4, 0.5) is 0 Å². The van der Waals surface area contributed by atoms with E-state index in [-0.39, 0.29) is 5.25 Å². The van der Waals surface area contributed by atoms with Gasteiger partial charge in [-0.1, -0.05) is 31.0 Å². The van der Waals surface area contributed by atoms with Crippen molar-refractivity contribution in [2.45, 2.75) is 62.4 Å². The molecule has 1 fully saturated rings. The second-order valence-corrected chi connectivity index (χ2v) is 5.89. The summed E-state index contributed by atoms with van der Waals surface area (Å²) in [6, 6.07) is 2.77. The van der Waals surface area contributed by atoms with Gasteiger partial charge in [-0.05, 0) is 26.7 Å². The first kappa shape index (κ1) is 12.4. The van der Waals surface area contributed by atoms with Gasteiger partial charge in [0.2, 0.25) is 0 Å². The van der Waals surface area contributed by atoms with Crippen molar-refractivity contribution < 1.29 is 0 Å². The summed E-state index contributed by atoms with van der Waals surface area (Å²) in [4.78, 5) is 0. The molecule has 0 aliphatic heterocycles. The van der Waals surface area contributed by atoms with Gasteiger partial charge in [0.25, 0.3) is 0 Å². The second kappa shape index (κ2) is 5.54. The number of rotatable bonds is 3. The van der Waals surface area contributed by atoms with E-state index in [0.717, 1.165) is 11.0 Å². The van der Waals surface area contributed by atoms with Crippen molar-refractivity contribution in [2.75, 3.05) is 0 Å². The van der Waals surface area contributed by atoms with Crippen molar-refractivity contribution in [3.05, 3.63) is 5.82 Å². The van der Waals surface area contributed by atoms with Crippen molar-refractivity contribution in [3.63, 3.8) is 0 Å². The molecule has 0 N–H and O–H groups in total. The summed E-state index contributed by atoms with van der Waals surface area (Å²) in [5.74, 6) is 0.976. The molecule has 1 aliphatic carbocycles. The van der Waals surface area contributed by atoms with Gasteiger partial charge in [0, 0.05) is 6.04 Å². The molecular formula is C12H18N4S. The predicted molar refractivity (Wildman–Crippen MR) is 67.8 cm³/mol. The molecule has 1 aliphatic rings. The summed E-state index contributed by atoms with van der Waals surface area (Å²) in [6.45, 7) is 3.91. The maximum atomic E-state index is 8.88. The Kier molecular flexibility index (Phi) is 4.06. The quantitative estimate of drug-likeness (QED) is 0.773. The molecular weight excluding hydrogens is 232 g/mol. The van der Waals surface area contributed by atoms with Crippen LogP contribution >= 0.6 is 11.8 Å². The molecule has 0 amide bonds. The fourth-order valence-electron chi connectivity index (χ4n) is 2.37. The Morgan fingerprint density at radius 1 is 1.35 bits per heavy atom. The third kappa shape index (κ3) is 2.81. The summed E-state index contributed by atoms with van der Waals surface area (Å²) in [5.41, 5.74) is 0. The summed E-state index contributed by atoms with van der Waals surface area (Å²) in [6.07, 6.45) is 6.36. The number of aryl methyl sites for hydroxylation is 1. The van der Waals surface area contributed by atoms with Crippen LogP contribution in [0.5, 0.6) is 0 Å². The number of aromatic nitrogens is 3. The van der Waals surface area contributed by atoms with E-state index in [2.05, 4.69) is 20.8 Å². The first-order valence-electron chi connectivity index (χ1n) is 6.20. The molecule has 4 nitrogen and oxygen atoms in total. The monoisotopic (exact) mass is 250 g/mol. The van der Waals surface area contributed by atoms with E-state index < -0.39 is 0 Å². The molecule has 0 saturated heterocycles. The predicted octanol–water partition coefficient (Wildman–Crippen LogP) is 3.10. The van der Waals surface area contributed by atoms with Gasteiger partial charge in [0.15, 0.2) is 5.16 Å². The fraction of sp³-hybridized carbons (Fsp3) is 0.750. The first-order chi connectivity index (χ1) is 8.22. The van der Waals surface area contributed by atoms with E-state index in [1.165, 1.54) is 43.9 Å². The van der Waals surface area contributed by atoms with E-state index in [1.807, 2.05) is 13.8 Å². The molecule has 92 valence electrons. The van der Waals surface area contributed by atoms with Crippen molar-refractivity contribution in [1.82, 2.24) is 14.8 Å². The smallest absolute Gasteiger partial charge is 0.192 e. The Hall–Kier alpha value is -1.02. The van der Waals surface area contributed by atoms with Crippen molar-refractivity contribution in [2.24, 2.45) is 0 Å². The van der Waals surface area contributed by atoms with Gasteiger partial charge in [0.05, 0.1) is 11.3 Å². The van der Waals surface area contributed by atoms with E-state index in [1.54, 1.807) is 0 Å². The normalized spacial score (nSPS) is 18.9. The lowest BCUT2D eigenvalue weighted by Gasteiger charge is -2.25. The zero-order valence-electron chi connectivity index (χ0n) is 10.4. The van der Waals surface area contributed by atoms with E-state index in [4.69, 9.17) is 5.26 Å². The highest BCUT2D eigenvalue weighted by Crippen LogP contribution is 2.33. The number of hydrogen-bond donors (Lipinski definition) is 0. The second-order valence-electron chi connectivity index (χ2n) is 4.58. The third-order valence-electron chi connectivity index (χ3n) is 3.24. The molecule has 0 radical (unpaired) electrons. The average molecular weight is 250 g/mol. The molecule has 1 unspecified atom stereocenters. The maximum absolute atomic E-state index is 8.88. The first-order valence-corrected chi connectivity index (χ1v) is 7.08. The van der Waals surface area contributed by atoms with Crippen LogP contribution in [0.3, 0.4) is 0 Å². The molecule has 0 aromatic carbocycles. The summed E-state index contributed by atoms with van der Waals surface area (Å²) >= 11 is 1.51. The molecule has 1 aromatic rings. The van der Waals surface area contributed by atoms with Crippen LogP contribution in [0.25, 0.3) is 0 Å². The minimum atomic E-state index is -0.0686. The highest BCUT2D eigenvalue weighted by molar-refractivity contribution is 8.00. The maximum Gasteiger partial charge on any atom is 0.192 e. The number of hydrogen-bond acceptors (Lipinski definition) is 4. The number of nitriles is 1. The van der Waals surface area contributed by atoms with Crippen LogP contribution in [0.1, 0.15) is 50.9 Å². The molecule has 1 aromatic heterocycles. The van der Waals surface area contributed by atoms with Gasteiger partial charge in [-0.15, -0.1) is 10.2 Å². The summed E-state index contributed by atoms with van der Waals surface area (Å²) in [7, 11) is 0. The van der Waals surface area contributed by atoms with E-state index >= 15 is 0 Å². The summed E-state index contributed by atoms with van der Waals surface area (Å²) < 4.78 is 2.23. The highest BCUT2D eigenvalue weighted by Gasteiger charge is 2.22. The molecule has 17 heavy (non-hydrogen) atoms. The topological polar surface area (TPSA) is 54.5 Å². The molecule has 0 spiro atoms. The highest BCUT2D eigenvalue weighted by atomic mass is 32.2. The standard InChI is InChI=1S/C12H18N4S/c1-9(8-13)17-12-15-14-10(2)16(12)11-6-4-3-5-7-11/h9,11H,3-7H2,1-2H3. The SMILES string of the molecule is Cc1nnc(SC(C)C#N)n1C1CCCCC1. The Morgan fingerprint density at radius 3 is 2.71 bits per heavy atom. The summed E-state index contributed by atoms with van der Waals surface area (Å²) in [5, 5.41) is 18.1. The molecule has 1 atom stereocenters. The Balaban J connectivity index is 2.19. The van der Waals surface area contributed by atoms with Crippen molar-refractivity contribution in [3.8, 4) is 6.07 Å². The lowest BCUT2D eigenvalue weighted by molar-refractivity contribution is 0.332. The molecule has 1 heterocycles. The minimum absolute atomic E-state index is 0.0686. The molecule has 1 saturated carbocycles.